The van der Waals surface area contributed by atoms with E-state index in [1.54, 1.807) is 12.3 Å². The molecule has 1 N–H and O–H groups in total. The first-order valence-corrected chi connectivity index (χ1v) is 9.33. The van der Waals surface area contributed by atoms with Gasteiger partial charge in [-0.2, -0.15) is 0 Å². The maximum absolute atomic E-state index is 12.9. The average molecular weight is 348 g/mol. The van der Waals surface area contributed by atoms with Gasteiger partial charge in [-0.1, -0.05) is 60.2 Å². The van der Waals surface area contributed by atoms with Gasteiger partial charge in [-0.15, -0.1) is 11.8 Å². The molecule has 0 saturated heterocycles. The Morgan fingerprint density at radius 1 is 0.960 bits per heavy atom. The van der Waals surface area contributed by atoms with E-state index in [-0.39, 0.29) is 11.9 Å². The fraction of sp³-hybridized carbons (Fsp3) is 0.143. The van der Waals surface area contributed by atoms with Crippen LogP contribution in [0.2, 0.25) is 0 Å². The summed E-state index contributed by atoms with van der Waals surface area (Å²) in [5.41, 5.74) is 3.90. The zero-order valence-electron chi connectivity index (χ0n) is 14.3. The van der Waals surface area contributed by atoms with Crippen molar-refractivity contribution in [1.82, 2.24) is 10.3 Å². The molecular weight excluding hydrogens is 328 g/mol. The van der Waals surface area contributed by atoms with E-state index in [2.05, 4.69) is 41.5 Å². The van der Waals surface area contributed by atoms with Crippen molar-refractivity contribution in [1.29, 1.82) is 0 Å². The molecule has 0 spiro atoms. The molecule has 1 amide bonds. The number of aryl methyl sites for hydroxylation is 1. The summed E-state index contributed by atoms with van der Waals surface area (Å²) in [4.78, 5) is 17.2. The van der Waals surface area contributed by atoms with E-state index in [9.17, 15) is 4.79 Å². The number of hydrogen-bond acceptors (Lipinski definition) is 3. The predicted octanol–water partition coefficient (Wildman–Crippen LogP) is 4.63. The third-order valence-electron chi connectivity index (χ3n) is 4.03. The highest BCUT2D eigenvalue weighted by molar-refractivity contribution is 7.98. The maximum Gasteiger partial charge on any atom is 0.254 e. The van der Waals surface area contributed by atoms with Gasteiger partial charge in [0.15, 0.2) is 0 Å². The second-order valence-corrected chi connectivity index (χ2v) is 6.58. The molecule has 4 heteroatoms. The molecule has 0 fully saturated rings. The van der Waals surface area contributed by atoms with E-state index >= 15 is 0 Å². The first kappa shape index (κ1) is 17.2. The van der Waals surface area contributed by atoms with Gasteiger partial charge in [-0.3, -0.25) is 4.79 Å². The summed E-state index contributed by atoms with van der Waals surface area (Å²) in [6.07, 6.45) is 3.63. The number of carbonyl (C=O) groups is 1. The van der Waals surface area contributed by atoms with Crippen LogP contribution in [-0.4, -0.2) is 17.1 Å². The number of aromatic nitrogens is 1. The van der Waals surface area contributed by atoms with Crippen molar-refractivity contribution in [3.63, 3.8) is 0 Å². The molecular formula is C21H20N2OS. The molecule has 0 aliphatic rings. The minimum atomic E-state index is -0.204. The Hall–Kier alpha value is -2.59. The van der Waals surface area contributed by atoms with Crippen LogP contribution in [0.25, 0.3) is 0 Å². The van der Waals surface area contributed by atoms with Crippen molar-refractivity contribution in [2.24, 2.45) is 0 Å². The zero-order chi connectivity index (χ0) is 17.6. The van der Waals surface area contributed by atoms with Crippen LogP contribution in [-0.2, 0) is 0 Å². The molecule has 126 valence electrons. The van der Waals surface area contributed by atoms with E-state index in [0.717, 1.165) is 16.2 Å². The quantitative estimate of drug-likeness (QED) is 0.684. The second-order valence-electron chi connectivity index (χ2n) is 5.79. The number of hydrogen-bond donors (Lipinski definition) is 1. The van der Waals surface area contributed by atoms with Gasteiger partial charge in [0, 0.05) is 6.20 Å². The summed E-state index contributed by atoms with van der Waals surface area (Å²) in [6, 6.07) is 21.7. The maximum atomic E-state index is 12.9. The smallest absolute Gasteiger partial charge is 0.254 e. The standard InChI is InChI=1S/C21H20N2OS/c1-15-10-12-17(13-11-15)19(16-7-4-3-5-8-16)23-20(24)18-9-6-14-22-21(18)25-2/h3-14,19H,1-2H3,(H,23,24)/t19-/m1/s1. The summed E-state index contributed by atoms with van der Waals surface area (Å²) in [5.74, 6) is -0.119. The van der Waals surface area contributed by atoms with Gasteiger partial charge in [0.25, 0.3) is 5.91 Å². The molecule has 1 aromatic heterocycles. The van der Waals surface area contributed by atoms with Gasteiger partial charge < -0.3 is 5.32 Å². The van der Waals surface area contributed by atoms with Crippen molar-refractivity contribution in [3.8, 4) is 0 Å². The molecule has 0 unspecified atom stereocenters. The average Bonchev–Trinajstić information content (AvgIpc) is 2.67. The minimum absolute atomic E-state index is 0.119. The SMILES string of the molecule is CSc1ncccc1C(=O)N[C@H](c1ccccc1)c1ccc(C)cc1. The summed E-state index contributed by atoms with van der Waals surface area (Å²) >= 11 is 1.47. The Bertz CT molecular complexity index is 847. The highest BCUT2D eigenvalue weighted by atomic mass is 32.2. The molecule has 3 aromatic rings. The molecule has 25 heavy (non-hydrogen) atoms. The number of carbonyl (C=O) groups excluding carboxylic acids is 1. The summed E-state index contributed by atoms with van der Waals surface area (Å²) in [5, 5.41) is 3.90. The Morgan fingerprint density at radius 3 is 2.32 bits per heavy atom. The minimum Gasteiger partial charge on any atom is -0.341 e. The first-order valence-electron chi connectivity index (χ1n) is 8.10. The van der Waals surface area contributed by atoms with Crippen LogP contribution in [0.3, 0.4) is 0 Å². The molecule has 0 radical (unpaired) electrons. The van der Waals surface area contributed by atoms with Crippen molar-refractivity contribution in [3.05, 3.63) is 95.2 Å². The van der Waals surface area contributed by atoms with E-state index in [1.807, 2.05) is 42.7 Å². The van der Waals surface area contributed by atoms with Crippen LogP contribution in [0.1, 0.15) is 33.1 Å². The van der Waals surface area contributed by atoms with Crippen LogP contribution >= 0.6 is 11.8 Å². The van der Waals surface area contributed by atoms with Gasteiger partial charge in [0.05, 0.1) is 11.6 Å². The molecule has 2 aromatic carbocycles. The largest absolute Gasteiger partial charge is 0.341 e. The lowest BCUT2D eigenvalue weighted by Gasteiger charge is -2.20. The molecule has 0 bridgehead atoms. The van der Waals surface area contributed by atoms with E-state index in [0.29, 0.717) is 5.56 Å². The third kappa shape index (κ3) is 4.09. The van der Waals surface area contributed by atoms with Crippen LogP contribution in [0.4, 0.5) is 0 Å². The lowest BCUT2D eigenvalue weighted by molar-refractivity contribution is 0.0939. The molecule has 3 nitrogen and oxygen atoms in total. The predicted molar refractivity (Wildman–Crippen MR) is 103 cm³/mol. The number of nitrogens with one attached hydrogen (secondary N) is 1. The van der Waals surface area contributed by atoms with Crippen LogP contribution in [0.5, 0.6) is 0 Å². The number of benzene rings is 2. The Kier molecular flexibility index (Phi) is 5.51. The number of thioether (sulfide) groups is 1. The van der Waals surface area contributed by atoms with Gasteiger partial charge in [0.2, 0.25) is 0 Å². The second kappa shape index (κ2) is 7.99. The topological polar surface area (TPSA) is 42.0 Å². The fourth-order valence-electron chi connectivity index (χ4n) is 2.70. The first-order chi connectivity index (χ1) is 12.2. The van der Waals surface area contributed by atoms with Crippen LogP contribution < -0.4 is 5.32 Å². The Balaban J connectivity index is 1.95. The number of amides is 1. The third-order valence-corrected chi connectivity index (χ3v) is 4.74. The van der Waals surface area contributed by atoms with Crippen molar-refractivity contribution in [2.45, 2.75) is 18.0 Å². The zero-order valence-corrected chi connectivity index (χ0v) is 15.1. The summed E-state index contributed by atoms with van der Waals surface area (Å²) in [7, 11) is 0. The highest BCUT2D eigenvalue weighted by Crippen LogP contribution is 2.24. The summed E-state index contributed by atoms with van der Waals surface area (Å²) in [6.45, 7) is 2.06. The molecule has 0 aliphatic heterocycles. The molecule has 0 saturated carbocycles. The number of pyridine rings is 1. The van der Waals surface area contributed by atoms with E-state index < -0.39 is 0 Å². The van der Waals surface area contributed by atoms with Crippen LogP contribution in [0.15, 0.2) is 78.0 Å². The number of rotatable bonds is 5. The van der Waals surface area contributed by atoms with Crippen LogP contribution in [0, 0.1) is 6.92 Å². The summed E-state index contributed by atoms with van der Waals surface area (Å²) < 4.78 is 0. The van der Waals surface area contributed by atoms with Gasteiger partial charge in [-0.25, -0.2) is 4.98 Å². The lowest BCUT2D eigenvalue weighted by Crippen LogP contribution is -2.29. The molecule has 1 heterocycles. The van der Waals surface area contributed by atoms with Crippen molar-refractivity contribution < 1.29 is 4.79 Å². The van der Waals surface area contributed by atoms with Gasteiger partial charge in [0.1, 0.15) is 5.03 Å². The van der Waals surface area contributed by atoms with E-state index in [4.69, 9.17) is 0 Å². The highest BCUT2D eigenvalue weighted by Gasteiger charge is 2.19. The normalized spacial score (nSPS) is 11.8. The van der Waals surface area contributed by atoms with Crippen molar-refractivity contribution in [2.75, 3.05) is 6.26 Å². The lowest BCUT2D eigenvalue weighted by atomic mass is 9.97. The Morgan fingerprint density at radius 2 is 1.64 bits per heavy atom. The van der Waals surface area contributed by atoms with Gasteiger partial charge in [-0.05, 0) is 36.4 Å². The monoisotopic (exact) mass is 348 g/mol. The van der Waals surface area contributed by atoms with E-state index in [1.165, 1.54) is 17.3 Å². The molecule has 0 aliphatic carbocycles. The fourth-order valence-corrected chi connectivity index (χ4v) is 3.25. The Labute approximate surface area is 152 Å². The number of nitrogens with zero attached hydrogens (tertiary/aromatic N) is 1. The molecule has 1 atom stereocenters. The molecule has 3 rings (SSSR count). The van der Waals surface area contributed by atoms with Crippen molar-refractivity contribution >= 4 is 17.7 Å². The van der Waals surface area contributed by atoms with Gasteiger partial charge >= 0.3 is 0 Å².